The zero-order valence-corrected chi connectivity index (χ0v) is 39.5. The molecule has 0 spiro atoms. The van der Waals surface area contributed by atoms with Gasteiger partial charge in [0.15, 0.2) is 0 Å². The lowest BCUT2D eigenvalue weighted by atomic mass is 10.1. The van der Waals surface area contributed by atoms with E-state index in [9.17, 15) is 19.4 Å². The minimum atomic E-state index is -4.53. The maximum Gasteiger partial charge on any atom is 0.472 e. The van der Waals surface area contributed by atoms with Crippen molar-refractivity contribution in [3.63, 3.8) is 0 Å². The summed E-state index contributed by atoms with van der Waals surface area (Å²) in [5.74, 6) is -0.399. The van der Waals surface area contributed by atoms with Crippen molar-refractivity contribution < 1.29 is 43.0 Å². The van der Waals surface area contributed by atoms with E-state index in [1.54, 1.807) is 0 Å². The summed E-state index contributed by atoms with van der Waals surface area (Å²) in [6, 6.07) is 0. The van der Waals surface area contributed by atoms with Crippen LogP contribution in [0.15, 0.2) is 85.1 Å². The number of unbranched alkanes of at least 4 members (excludes halogenated alkanes) is 17. The van der Waals surface area contributed by atoms with Crippen molar-refractivity contribution in [2.45, 2.75) is 199 Å². The van der Waals surface area contributed by atoms with E-state index in [2.05, 4.69) is 98.9 Å². The standard InChI is InChI=1S/C51H89O9P/c1-3-5-7-9-11-13-15-17-19-21-23-24-25-26-28-30-32-34-36-38-40-42-44-57-47-50(48-59-61(55,56)58-46-49(53)45-52)60-51(54)43-41-39-37-35-33-31-29-27-22-20-18-16-14-12-10-8-6-4-2/h5,7,11,13-14,16-17,19-20,22-24,26,28,49-50,52-53H,3-4,6,8-10,12,15,18,21,25,27,29-48H2,1-2H3,(H,55,56)/b7-5-,13-11-,16-14-,19-17-,22-20-,24-23-,28-26-. The van der Waals surface area contributed by atoms with E-state index < -0.39 is 45.8 Å². The van der Waals surface area contributed by atoms with Gasteiger partial charge >= 0.3 is 13.8 Å². The Morgan fingerprint density at radius 2 is 0.934 bits per heavy atom. The number of hydrogen-bond donors (Lipinski definition) is 3. The first-order valence-corrected chi connectivity index (χ1v) is 25.6. The Labute approximate surface area is 373 Å². The number of rotatable bonds is 45. The Hall–Kier alpha value is -2.36. The Morgan fingerprint density at radius 3 is 1.41 bits per heavy atom. The van der Waals surface area contributed by atoms with Crippen LogP contribution >= 0.6 is 7.82 Å². The molecule has 0 radical (unpaired) electrons. The zero-order valence-electron chi connectivity index (χ0n) is 38.6. The van der Waals surface area contributed by atoms with Crippen molar-refractivity contribution in [1.29, 1.82) is 0 Å². The molecule has 0 aliphatic carbocycles. The average molecular weight is 877 g/mol. The number of carbonyl (C=O) groups is 1. The van der Waals surface area contributed by atoms with Gasteiger partial charge in [0, 0.05) is 13.0 Å². The van der Waals surface area contributed by atoms with Gasteiger partial charge < -0.3 is 24.6 Å². The summed E-state index contributed by atoms with van der Waals surface area (Å²) < 4.78 is 33.5. The summed E-state index contributed by atoms with van der Waals surface area (Å²) in [6.45, 7) is 3.33. The molecule has 0 aliphatic heterocycles. The lowest BCUT2D eigenvalue weighted by Crippen LogP contribution is -2.29. The first-order chi connectivity index (χ1) is 29.8. The number of aliphatic hydroxyl groups excluding tert-OH is 2. The molecule has 9 nitrogen and oxygen atoms in total. The van der Waals surface area contributed by atoms with Crippen LogP contribution in [0.25, 0.3) is 0 Å². The molecule has 0 bridgehead atoms. The van der Waals surface area contributed by atoms with Crippen molar-refractivity contribution in [2.24, 2.45) is 0 Å². The average Bonchev–Trinajstić information content (AvgIpc) is 3.25. The number of aliphatic hydroxyl groups is 2. The fraction of sp³-hybridized carbons (Fsp3) is 0.706. The molecular weight excluding hydrogens is 788 g/mol. The van der Waals surface area contributed by atoms with E-state index in [0.717, 1.165) is 89.9 Å². The van der Waals surface area contributed by atoms with Gasteiger partial charge in [0.05, 0.1) is 26.4 Å². The van der Waals surface area contributed by atoms with Crippen LogP contribution in [0.3, 0.4) is 0 Å². The van der Waals surface area contributed by atoms with E-state index in [4.69, 9.17) is 23.6 Å². The van der Waals surface area contributed by atoms with Gasteiger partial charge in [0.1, 0.15) is 12.2 Å². The first-order valence-electron chi connectivity index (χ1n) is 24.1. The molecule has 3 unspecified atom stereocenters. The van der Waals surface area contributed by atoms with E-state index in [1.165, 1.54) is 70.6 Å². The Morgan fingerprint density at radius 1 is 0.525 bits per heavy atom. The molecule has 0 rings (SSSR count). The Kier molecular flexibility index (Phi) is 45.3. The monoisotopic (exact) mass is 877 g/mol. The van der Waals surface area contributed by atoms with Gasteiger partial charge in [-0.1, -0.05) is 176 Å². The maximum absolute atomic E-state index is 12.7. The number of ether oxygens (including phenoxy) is 2. The third kappa shape index (κ3) is 47.0. The van der Waals surface area contributed by atoms with Crippen LogP contribution in [0, 0.1) is 0 Å². The van der Waals surface area contributed by atoms with Crippen molar-refractivity contribution in [3.8, 4) is 0 Å². The van der Waals surface area contributed by atoms with Gasteiger partial charge in [-0.15, -0.1) is 0 Å². The fourth-order valence-corrected chi connectivity index (χ4v) is 6.97. The number of phosphoric acid groups is 1. The molecule has 0 saturated carbocycles. The van der Waals surface area contributed by atoms with Crippen LogP contribution in [0.2, 0.25) is 0 Å². The summed E-state index contributed by atoms with van der Waals surface area (Å²) in [5.41, 5.74) is 0. The van der Waals surface area contributed by atoms with Crippen LogP contribution < -0.4 is 0 Å². The third-order valence-electron chi connectivity index (χ3n) is 9.81. The quantitative estimate of drug-likeness (QED) is 0.0237. The molecule has 0 aromatic rings. The van der Waals surface area contributed by atoms with Crippen LogP contribution in [-0.2, 0) is 27.9 Å². The molecule has 352 valence electrons. The Bertz CT molecular complexity index is 1220. The maximum atomic E-state index is 12.7. The smallest absolute Gasteiger partial charge is 0.457 e. The molecule has 0 aromatic heterocycles. The molecular formula is C51H89O9P. The second-order valence-electron chi connectivity index (χ2n) is 15.7. The van der Waals surface area contributed by atoms with E-state index in [-0.39, 0.29) is 13.0 Å². The van der Waals surface area contributed by atoms with Crippen LogP contribution in [0.1, 0.15) is 187 Å². The van der Waals surface area contributed by atoms with Crippen LogP contribution in [0.5, 0.6) is 0 Å². The van der Waals surface area contributed by atoms with Crippen LogP contribution in [0.4, 0.5) is 0 Å². The van der Waals surface area contributed by atoms with E-state index in [0.29, 0.717) is 13.0 Å². The Balaban J connectivity index is 4.18. The van der Waals surface area contributed by atoms with Gasteiger partial charge in [-0.25, -0.2) is 4.57 Å². The molecule has 61 heavy (non-hydrogen) atoms. The van der Waals surface area contributed by atoms with E-state index in [1.807, 2.05) is 0 Å². The molecule has 10 heteroatoms. The minimum Gasteiger partial charge on any atom is -0.457 e. The highest BCUT2D eigenvalue weighted by Crippen LogP contribution is 2.43. The second-order valence-corrected chi connectivity index (χ2v) is 17.2. The number of phosphoric ester groups is 1. The predicted octanol–water partition coefficient (Wildman–Crippen LogP) is 13.9. The molecule has 3 N–H and O–H groups in total. The summed E-state index contributed by atoms with van der Waals surface area (Å²) in [7, 11) is -4.53. The van der Waals surface area contributed by atoms with Gasteiger partial charge in [-0.2, -0.15) is 0 Å². The summed E-state index contributed by atoms with van der Waals surface area (Å²) in [5, 5.41) is 18.4. The highest BCUT2D eigenvalue weighted by molar-refractivity contribution is 7.47. The molecule has 0 aromatic carbocycles. The molecule has 0 aliphatic rings. The third-order valence-corrected chi connectivity index (χ3v) is 10.8. The topological polar surface area (TPSA) is 132 Å². The van der Waals surface area contributed by atoms with Crippen molar-refractivity contribution in [3.05, 3.63) is 85.1 Å². The van der Waals surface area contributed by atoms with Crippen LogP contribution in [-0.4, -0.2) is 66.3 Å². The number of allylic oxidation sites excluding steroid dienone is 14. The molecule has 0 heterocycles. The van der Waals surface area contributed by atoms with Gasteiger partial charge in [-0.3, -0.25) is 13.8 Å². The number of carbonyl (C=O) groups excluding carboxylic acids is 1. The SMILES string of the molecule is CC/C=C\C/C=C\C/C=C\C/C=C\C/C=C\CCCCCCCCOCC(COP(=O)(O)OCC(O)CO)OC(=O)CCCCCCCCC/C=C\C/C=C\CCCCCC. The number of esters is 1. The van der Waals surface area contributed by atoms with Gasteiger partial charge in [-0.05, 0) is 89.9 Å². The van der Waals surface area contributed by atoms with Crippen molar-refractivity contribution in [2.75, 3.05) is 33.0 Å². The number of hydrogen-bond acceptors (Lipinski definition) is 8. The summed E-state index contributed by atoms with van der Waals surface area (Å²) >= 11 is 0. The molecule has 0 fully saturated rings. The highest BCUT2D eigenvalue weighted by atomic mass is 31.2. The van der Waals surface area contributed by atoms with Gasteiger partial charge in [0.25, 0.3) is 0 Å². The summed E-state index contributed by atoms with van der Waals surface area (Å²) in [4.78, 5) is 22.7. The minimum absolute atomic E-state index is 0.0310. The lowest BCUT2D eigenvalue weighted by molar-refractivity contribution is -0.154. The summed E-state index contributed by atoms with van der Waals surface area (Å²) in [6.07, 6.45) is 58.2. The van der Waals surface area contributed by atoms with Gasteiger partial charge in [0.2, 0.25) is 0 Å². The first kappa shape index (κ1) is 58.6. The highest BCUT2D eigenvalue weighted by Gasteiger charge is 2.26. The van der Waals surface area contributed by atoms with Crippen molar-refractivity contribution in [1.82, 2.24) is 0 Å². The van der Waals surface area contributed by atoms with E-state index >= 15 is 0 Å². The molecule has 3 atom stereocenters. The zero-order chi connectivity index (χ0) is 44.6. The second kappa shape index (κ2) is 47.1. The normalized spacial score (nSPS) is 14.6. The predicted molar refractivity (Wildman–Crippen MR) is 256 cm³/mol. The molecule has 0 saturated heterocycles. The lowest BCUT2D eigenvalue weighted by Gasteiger charge is -2.20. The fourth-order valence-electron chi connectivity index (χ4n) is 6.18. The van der Waals surface area contributed by atoms with Crippen molar-refractivity contribution >= 4 is 13.8 Å². The molecule has 0 amide bonds. The largest absolute Gasteiger partial charge is 0.472 e.